The summed E-state index contributed by atoms with van der Waals surface area (Å²) in [7, 11) is 3.67. The van der Waals surface area contributed by atoms with Gasteiger partial charge in [0.2, 0.25) is 0 Å². The number of aromatic nitrogens is 2. The van der Waals surface area contributed by atoms with E-state index in [9.17, 15) is 0 Å². The van der Waals surface area contributed by atoms with Gasteiger partial charge in [0.1, 0.15) is 5.82 Å². The lowest BCUT2D eigenvalue weighted by Gasteiger charge is -2.16. The molecule has 1 aromatic heterocycles. The molecule has 0 radical (unpaired) electrons. The molecule has 1 aliphatic rings. The van der Waals surface area contributed by atoms with Crippen LogP contribution in [0.15, 0.2) is 0 Å². The van der Waals surface area contributed by atoms with Crippen LogP contribution >= 0.6 is 0 Å². The summed E-state index contributed by atoms with van der Waals surface area (Å²) in [6.07, 6.45) is 3.67. The summed E-state index contributed by atoms with van der Waals surface area (Å²) in [6.45, 7) is 3.72. The van der Waals surface area contributed by atoms with Gasteiger partial charge in [0.15, 0.2) is 0 Å². The molecule has 0 saturated heterocycles. The number of methoxy groups -OCH3 is 1. The van der Waals surface area contributed by atoms with Crippen LogP contribution < -0.4 is 11.1 Å². The van der Waals surface area contributed by atoms with E-state index in [1.165, 1.54) is 12.8 Å². The largest absolute Gasteiger partial charge is 0.394 e. The Labute approximate surface area is 102 Å². The van der Waals surface area contributed by atoms with Crippen LogP contribution in [0.3, 0.4) is 0 Å². The number of ether oxygens (including phenoxy) is 1. The molecule has 1 fully saturated rings. The summed E-state index contributed by atoms with van der Waals surface area (Å²) in [5.41, 5.74) is 8.05. The molecule has 5 heteroatoms. The maximum atomic E-state index is 5.98. The van der Waals surface area contributed by atoms with Gasteiger partial charge < -0.3 is 15.8 Å². The number of nitrogens with two attached hydrogens (primary N) is 1. The van der Waals surface area contributed by atoms with Crippen molar-refractivity contribution in [3.8, 4) is 0 Å². The van der Waals surface area contributed by atoms with Crippen LogP contribution in [0, 0.1) is 12.3 Å². The maximum Gasteiger partial charge on any atom is 0.147 e. The highest BCUT2D eigenvalue weighted by Crippen LogP contribution is 2.48. The smallest absolute Gasteiger partial charge is 0.147 e. The standard InChI is InChI=1S/C12H22N4O/c1-9-10(13)11(16(2)15-9)14-8-12(4-5-12)6-7-17-3/h14H,4-8,13H2,1-3H3. The van der Waals surface area contributed by atoms with E-state index < -0.39 is 0 Å². The number of nitrogens with one attached hydrogen (secondary N) is 1. The van der Waals surface area contributed by atoms with E-state index in [4.69, 9.17) is 10.5 Å². The Morgan fingerprint density at radius 2 is 2.24 bits per heavy atom. The first-order valence-corrected chi connectivity index (χ1v) is 6.10. The van der Waals surface area contributed by atoms with Crippen molar-refractivity contribution in [1.29, 1.82) is 0 Å². The van der Waals surface area contributed by atoms with Crippen LogP contribution in [0.25, 0.3) is 0 Å². The van der Waals surface area contributed by atoms with E-state index in [2.05, 4.69) is 10.4 Å². The van der Waals surface area contributed by atoms with E-state index in [-0.39, 0.29) is 0 Å². The highest BCUT2D eigenvalue weighted by atomic mass is 16.5. The van der Waals surface area contributed by atoms with Crippen molar-refractivity contribution in [3.05, 3.63) is 5.69 Å². The molecule has 1 heterocycles. The first-order valence-electron chi connectivity index (χ1n) is 6.10. The number of anilines is 2. The van der Waals surface area contributed by atoms with Crippen molar-refractivity contribution in [1.82, 2.24) is 9.78 Å². The minimum atomic E-state index is 0.417. The second-order valence-corrected chi connectivity index (χ2v) is 5.07. The molecule has 0 unspecified atom stereocenters. The van der Waals surface area contributed by atoms with Crippen molar-refractivity contribution < 1.29 is 4.74 Å². The third kappa shape index (κ3) is 2.54. The predicted molar refractivity (Wildman–Crippen MR) is 69.0 cm³/mol. The van der Waals surface area contributed by atoms with Gasteiger partial charge in [-0.1, -0.05) is 0 Å². The van der Waals surface area contributed by atoms with Crippen molar-refractivity contribution in [2.24, 2.45) is 12.5 Å². The van der Waals surface area contributed by atoms with Crippen LogP contribution in [0.1, 0.15) is 25.0 Å². The molecule has 17 heavy (non-hydrogen) atoms. The summed E-state index contributed by atoms with van der Waals surface area (Å²) in [6, 6.07) is 0. The van der Waals surface area contributed by atoms with Crippen LogP contribution in [0.4, 0.5) is 11.5 Å². The zero-order chi connectivity index (χ0) is 12.5. The Morgan fingerprint density at radius 3 is 2.71 bits per heavy atom. The fourth-order valence-electron chi connectivity index (χ4n) is 2.17. The topological polar surface area (TPSA) is 65.1 Å². The van der Waals surface area contributed by atoms with E-state index in [0.717, 1.165) is 36.8 Å². The lowest BCUT2D eigenvalue weighted by atomic mass is 10.0. The molecule has 0 aliphatic heterocycles. The van der Waals surface area contributed by atoms with Crippen LogP contribution in [-0.4, -0.2) is 30.0 Å². The monoisotopic (exact) mass is 238 g/mol. The van der Waals surface area contributed by atoms with Gasteiger partial charge in [-0.15, -0.1) is 0 Å². The first kappa shape index (κ1) is 12.2. The summed E-state index contributed by atoms with van der Waals surface area (Å²) in [5.74, 6) is 0.936. The second-order valence-electron chi connectivity index (χ2n) is 5.07. The molecule has 0 atom stereocenters. The summed E-state index contributed by atoms with van der Waals surface area (Å²) in [5, 5.41) is 7.73. The molecule has 0 amide bonds. The Hall–Kier alpha value is -1.23. The van der Waals surface area contributed by atoms with Crippen molar-refractivity contribution in [3.63, 3.8) is 0 Å². The molecule has 0 bridgehead atoms. The van der Waals surface area contributed by atoms with Gasteiger partial charge in [-0.2, -0.15) is 5.10 Å². The minimum Gasteiger partial charge on any atom is -0.394 e. The van der Waals surface area contributed by atoms with Gasteiger partial charge in [-0.25, -0.2) is 0 Å². The van der Waals surface area contributed by atoms with Gasteiger partial charge in [-0.3, -0.25) is 4.68 Å². The molecule has 1 aliphatic carbocycles. The third-order valence-corrected chi connectivity index (χ3v) is 3.69. The number of nitrogens with zero attached hydrogens (tertiary/aromatic N) is 2. The SMILES string of the molecule is COCCC1(CNc2c(N)c(C)nn2C)CC1. The highest BCUT2D eigenvalue weighted by Gasteiger charge is 2.41. The Kier molecular flexibility index (Phi) is 3.28. The lowest BCUT2D eigenvalue weighted by Crippen LogP contribution is -2.19. The van der Waals surface area contributed by atoms with E-state index in [0.29, 0.717) is 5.41 Å². The molecular formula is C12H22N4O. The Bertz CT molecular complexity index is 395. The van der Waals surface area contributed by atoms with Crippen LogP contribution in [-0.2, 0) is 11.8 Å². The Balaban J connectivity index is 1.94. The Morgan fingerprint density at radius 1 is 1.53 bits per heavy atom. The normalized spacial score (nSPS) is 17.1. The molecule has 1 saturated carbocycles. The molecular weight excluding hydrogens is 216 g/mol. The van der Waals surface area contributed by atoms with Crippen molar-refractivity contribution in [2.75, 3.05) is 31.3 Å². The van der Waals surface area contributed by atoms with Crippen LogP contribution in [0.2, 0.25) is 0 Å². The fourth-order valence-corrected chi connectivity index (χ4v) is 2.17. The van der Waals surface area contributed by atoms with Crippen molar-refractivity contribution >= 4 is 11.5 Å². The predicted octanol–water partition coefficient (Wildman–Crippen LogP) is 1.54. The van der Waals surface area contributed by atoms with Gasteiger partial charge in [0, 0.05) is 27.3 Å². The average Bonchev–Trinajstić information content (AvgIpc) is 3.02. The van der Waals surface area contributed by atoms with Crippen molar-refractivity contribution in [2.45, 2.75) is 26.2 Å². The van der Waals surface area contributed by atoms with Gasteiger partial charge >= 0.3 is 0 Å². The van der Waals surface area contributed by atoms with Gasteiger partial charge in [-0.05, 0) is 31.6 Å². The number of aryl methyl sites for hydroxylation is 2. The quantitative estimate of drug-likeness (QED) is 0.789. The summed E-state index contributed by atoms with van der Waals surface area (Å²) in [4.78, 5) is 0. The minimum absolute atomic E-state index is 0.417. The number of rotatable bonds is 6. The molecule has 0 spiro atoms. The van der Waals surface area contributed by atoms with E-state index in [1.807, 2.05) is 18.7 Å². The van der Waals surface area contributed by atoms with E-state index in [1.54, 1.807) is 7.11 Å². The number of hydrogen-bond donors (Lipinski definition) is 2. The number of nitrogen functional groups attached to an aromatic ring is 1. The average molecular weight is 238 g/mol. The maximum absolute atomic E-state index is 5.98. The van der Waals surface area contributed by atoms with E-state index >= 15 is 0 Å². The lowest BCUT2D eigenvalue weighted by molar-refractivity contribution is 0.175. The summed E-state index contributed by atoms with van der Waals surface area (Å²) < 4.78 is 6.97. The molecule has 0 aromatic carbocycles. The number of hydrogen-bond acceptors (Lipinski definition) is 4. The zero-order valence-electron chi connectivity index (χ0n) is 10.9. The summed E-state index contributed by atoms with van der Waals surface area (Å²) >= 11 is 0. The second kappa shape index (κ2) is 4.56. The zero-order valence-corrected chi connectivity index (χ0v) is 10.9. The van der Waals surface area contributed by atoms with Gasteiger partial charge in [0.05, 0.1) is 11.4 Å². The highest BCUT2D eigenvalue weighted by molar-refractivity contribution is 5.64. The van der Waals surface area contributed by atoms with Gasteiger partial charge in [0.25, 0.3) is 0 Å². The molecule has 5 nitrogen and oxygen atoms in total. The fraction of sp³-hybridized carbons (Fsp3) is 0.750. The third-order valence-electron chi connectivity index (χ3n) is 3.69. The molecule has 2 rings (SSSR count). The molecule has 3 N–H and O–H groups in total. The van der Waals surface area contributed by atoms with Crippen LogP contribution in [0.5, 0.6) is 0 Å². The first-order chi connectivity index (χ1) is 8.08. The molecule has 96 valence electrons. The molecule has 1 aromatic rings.